The van der Waals surface area contributed by atoms with Gasteiger partial charge < -0.3 is 15.4 Å². The molecular weight excluding hydrogens is 296 g/mol. The molecule has 120 valence electrons. The van der Waals surface area contributed by atoms with Crippen LogP contribution in [-0.2, 0) is 4.74 Å². The van der Waals surface area contributed by atoms with Gasteiger partial charge in [-0.05, 0) is 19.4 Å². The molecule has 2 aromatic heterocycles. The predicted molar refractivity (Wildman–Crippen MR) is 82.9 cm³/mol. The molecule has 0 radical (unpaired) electrons. The van der Waals surface area contributed by atoms with Crippen LogP contribution in [0.1, 0.15) is 22.7 Å². The Bertz CT molecular complexity index is 666. The molecule has 8 nitrogen and oxygen atoms in total. The van der Waals surface area contributed by atoms with Gasteiger partial charge in [0.05, 0.1) is 24.9 Å². The van der Waals surface area contributed by atoms with Crippen molar-refractivity contribution in [2.24, 2.45) is 0 Å². The zero-order valence-electron chi connectivity index (χ0n) is 12.8. The fourth-order valence-corrected chi connectivity index (χ4v) is 2.44. The SMILES string of the molecule is Cc1nccc(N[C@@H]2COCC[C@@H]2NC(=O)c2cnccn2)n1. The van der Waals surface area contributed by atoms with Crippen LogP contribution in [0.15, 0.2) is 30.9 Å². The Morgan fingerprint density at radius 3 is 2.96 bits per heavy atom. The van der Waals surface area contributed by atoms with Gasteiger partial charge in [0.25, 0.3) is 5.91 Å². The van der Waals surface area contributed by atoms with E-state index < -0.39 is 0 Å². The minimum absolute atomic E-state index is 0.0707. The van der Waals surface area contributed by atoms with E-state index in [1.807, 2.05) is 6.92 Å². The highest BCUT2D eigenvalue weighted by Crippen LogP contribution is 2.14. The number of nitrogens with one attached hydrogen (secondary N) is 2. The molecule has 1 saturated heterocycles. The number of aromatic nitrogens is 4. The van der Waals surface area contributed by atoms with E-state index in [-0.39, 0.29) is 18.0 Å². The maximum Gasteiger partial charge on any atom is 0.271 e. The zero-order chi connectivity index (χ0) is 16.1. The van der Waals surface area contributed by atoms with Crippen molar-refractivity contribution < 1.29 is 9.53 Å². The van der Waals surface area contributed by atoms with Gasteiger partial charge in [-0.1, -0.05) is 0 Å². The Balaban J connectivity index is 1.68. The highest BCUT2D eigenvalue weighted by atomic mass is 16.5. The van der Waals surface area contributed by atoms with E-state index in [1.165, 1.54) is 18.6 Å². The van der Waals surface area contributed by atoms with Crippen molar-refractivity contribution in [1.29, 1.82) is 0 Å². The first-order chi connectivity index (χ1) is 11.2. The van der Waals surface area contributed by atoms with Gasteiger partial charge in [-0.2, -0.15) is 0 Å². The smallest absolute Gasteiger partial charge is 0.271 e. The third-order valence-corrected chi connectivity index (χ3v) is 3.58. The molecule has 8 heteroatoms. The van der Waals surface area contributed by atoms with Gasteiger partial charge in [0.2, 0.25) is 0 Å². The summed E-state index contributed by atoms with van der Waals surface area (Å²) in [5.41, 5.74) is 0.302. The van der Waals surface area contributed by atoms with E-state index in [2.05, 4.69) is 30.6 Å². The predicted octanol–water partition coefficient (Wildman–Crippen LogP) is 0.574. The second kappa shape index (κ2) is 7.10. The van der Waals surface area contributed by atoms with E-state index in [0.29, 0.717) is 37.0 Å². The van der Waals surface area contributed by atoms with E-state index in [9.17, 15) is 4.79 Å². The number of carbonyl (C=O) groups excluding carboxylic acids is 1. The molecule has 0 saturated carbocycles. The summed E-state index contributed by atoms with van der Waals surface area (Å²) in [7, 11) is 0. The highest BCUT2D eigenvalue weighted by Gasteiger charge is 2.28. The third kappa shape index (κ3) is 3.98. The lowest BCUT2D eigenvalue weighted by Crippen LogP contribution is -2.52. The number of rotatable bonds is 4. The number of aryl methyl sites for hydroxylation is 1. The first kappa shape index (κ1) is 15.3. The van der Waals surface area contributed by atoms with Gasteiger partial charge in [0, 0.05) is 25.2 Å². The number of carbonyl (C=O) groups is 1. The summed E-state index contributed by atoms with van der Waals surface area (Å²) in [5, 5.41) is 6.29. The first-order valence-corrected chi connectivity index (χ1v) is 7.43. The molecule has 3 heterocycles. The van der Waals surface area contributed by atoms with Gasteiger partial charge in [-0.25, -0.2) is 15.0 Å². The maximum absolute atomic E-state index is 12.3. The lowest BCUT2D eigenvalue weighted by Gasteiger charge is -2.33. The summed E-state index contributed by atoms with van der Waals surface area (Å²) in [5.74, 6) is 1.16. The zero-order valence-corrected chi connectivity index (χ0v) is 12.8. The van der Waals surface area contributed by atoms with Crippen LogP contribution in [0.3, 0.4) is 0 Å². The van der Waals surface area contributed by atoms with Gasteiger partial charge in [0.1, 0.15) is 17.3 Å². The lowest BCUT2D eigenvalue weighted by atomic mass is 10.0. The Morgan fingerprint density at radius 2 is 2.17 bits per heavy atom. The van der Waals surface area contributed by atoms with Crippen LogP contribution >= 0.6 is 0 Å². The fourth-order valence-electron chi connectivity index (χ4n) is 2.44. The molecule has 0 bridgehead atoms. The monoisotopic (exact) mass is 314 g/mol. The third-order valence-electron chi connectivity index (χ3n) is 3.58. The summed E-state index contributed by atoms with van der Waals surface area (Å²) in [4.78, 5) is 28.6. The summed E-state index contributed by atoms with van der Waals surface area (Å²) >= 11 is 0. The average molecular weight is 314 g/mol. The largest absolute Gasteiger partial charge is 0.379 e. The first-order valence-electron chi connectivity index (χ1n) is 7.43. The Morgan fingerprint density at radius 1 is 1.26 bits per heavy atom. The second-order valence-electron chi connectivity index (χ2n) is 5.27. The molecule has 0 unspecified atom stereocenters. The second-order valence-corrected chi connectivity index (χ2v) is 5.27. The van der Waals surface area contributed by atoms with Gasteiger partial charge >= 0.3 is 0 Å². The van der Waals surface area contributed by atoms with Crippen LogP contribution < -0.4 is 10.6 Å². The van der Waals surface area contributed by atoms with Crippen LogP contribution in [0.5, 0.6) is 0 Å². The fraction of sp³-hybridized carbons (Fsp3) is 0.400. The van der Waals surface area contributed by atoms with Crippen LogP contribution in [-0.4, -0.2) is 51.1 Å². The van der Waals surface area contributed by atoms with Crippen molar-refractivity contribution in [2.75, 3.05) is 18.5 Å². The summed E-state index contributed by atoms with van der Waals surface area (Å²) in [6.07, 6.45) is 6.89. The van der Waals surface area contributed by atoms with Crippen LogP contribution in [0.25, 0.3) is 0 Å². The van der Waals surface area contributed by atoms with E-state index in [1.54, 1.807) is 12.3 Å². The quantitative estimate of drug-likeness (QED) is 0.850. The van der Waals surface area contributed by atoms with Gasteiger partial charge in [-0.3, -0.25) is 9.78 Å². The molecule has 1 aliphatic rings. The summed E-state index contributed by atoms with van der Waals surface area (Å²) in [6.45, 7) is 2.93. The molecule has 1 amide bonds. The molecular formula is C15H18N6O2. The summed E-state index contributed by atoms with van der Waals surface area (Å²) in [6, 6.07) is 1.65. The number of amides is 1. The Hall–Kier alpha value is -2.61. The van der Waals surface area contributed by atoms with Crippen molar-refractivity contribution in [2.45, 2.75) is 25.4 Å². The molecule has 3 rings (SSSR count). The average Bonchev–Trinajstić information content (AvgIpc) is 2.57. The molecule has 1 aliphatic heterocycles. The number of nitrogens with zero attached hydrogens (tertiary/aromatic N) is 4. The molecule has 23 heavy (non-hydrogen) atoms. The number of anilines is 1. The molecule has 2 N–H and O–H groups in total. The molecule has 2 aromatic rings. The lowest BCUT2D eigenvalue weighted by molar-refractivity contribution is 0.0618. The Labute approximate surface area is 133 Å². The maximum atomic E-state index is 12.3. The molecule has 0 aromatic carbocycles. The number of hydrogen-bond acceptors (Lipinski definition) is 7. The van der Waals surface area contributed by atoms with Crippen molar-refractivity contribution >= 4 is 11.7 Å². The van der Waals surface area contributed by atoms with Crippen LogP contribution in [0.2, 0.25) is 0 Å². The molecule has 2 atom stereocenters. The minimum Gasteiger partial charge on any atom is -0.379 e. The van der Waals surface area contributed by atoms with Gasteiger partial charge in [0.15, 0.2) is 0 Å². The van der Waals surface area contributed by atoms with Crippen molar-refractivity contribution in [3.63, 3.8) is 0 Å². The molecule has 0 aliphatic carbocycles. The molecule has 0 spiro atoms. The van der Waals surface area contributed by atoms with Crippen LogP contribution in [0, 0.1) is 6.92 Å². The van der Waals surface area contributed by atoms with E-state index in [4.69, 9.17) is 4.74 Å². The summed E-state index contributed by atoms with van der Waals surface area (Å²) < 4.78 is 5.52. The highest BCUT2D eigenvalue weighted by molar-refractivity contribution is 5.92. The number of ether oxygens (including phenoxy) is 1. The van der Waals surface area contributed by atoms with E-state index in [0.717, 1.165) is 0 Å². The van der Waals surface area contributed by atoms with Gasteiger partial charge in [-0.15, -0.1) is 0 Å². The van der Waals surface area contributed by atoms with Crippen molar-refractivity contribution in [3.05, 3.63) is 42.4 Å². The normalized spacial score (nSPS) is 20.7. The Kier molecular flexibility index (Phi) is 4.72. The molecule has 1 fully saturated rings. The van der Waals surface area contributed by atoms with Crippen LogP contribution in [0.4, 0.5) is 5.82 Å². The van der Waals surface area contributed by atoms with E-state index >= 15 is 0 Å². The van der Waals surface area contributed by atoms with Crippen molar-refractivity contribution in [1.82, 2.24) is 25.3 Å². The standard InChI is InChI=1S/C15H18N6O2/c1-10-17-4-2-14(19-10)20-13-9-23-7-3-11(13)21-15(22)12-8-16-5-6-18-12/h2,4-6,8,11,13H,3,7,9H2,1H3,(H,21,22)(H,17,19,20)/t11-,13+/m0/s1. The number of hydrogen-bond donors (Lipinski definition) is 2. The van der Waals surface area contributed by atoms with Crippen molar-refractivity contribution in [3.8, 4) is 0 Å². The minimum atomic E-state index is -0.240. The topological polar surface area (TPSA) is 102 Å².